The molecule has 2 atom stereocenters. The molecule has 132 valence electrons. The molecule has 1 amide bonds. The Morgan fingerprint density at radius 3 is 2.38 bits per heavy atom. The number of ether oxygens (including phenoxy) is 1. The fraction of sp³-hybridized carbons (Fsp3) is 0.650. The van der Waals surface area contributed by atoms with E-state index < -0.39 is 0 Å². The molecule has 0 aliphatic carbocycles. The zero-order valence-electron chi connectivity index (χ0n) is 15.2. The van der Waals surface area contributed by atoms with E-state index in [1.807, 2.05) is 37.3 Å². The summed E-state index contributed by atoms with van der Waals surface area (Å²) in [7, 11) is 0. The number of carbonyl (C=O) groups excluding carboxylic acids is 1. The third kappa shape index (κ3) is 3.92. The molecule has 2 bridgehead atoms. The summed E-state index contributed by atoms with van der Waals surface area (Å²) in [4.78, 5) is 16.8. The first-order valence-electron chi connectivity index (χ1n) is 9.26. The van der Waals surface area contributed by atoms with Crippen molar-refractivity contribution in [1.82, 2.24) is 9.80 Å². The molecular weight excluding hydrogens is 300 g/mol. The zero-order valence-corrected chi connectivity index (χ0v) is 15.2. The van der Waals surface area contributed by atoms with Crippen molar-refractivity contribution in [3.05, 3.63) is 30.3 Å². The van der Waals surface area contributed by atoms with Gasteiger partial charge < -0.3 is 9.64 Å². The number of fused-ring (bicyclic) bond motifs is 2. The minimum atomic E-state index is -0.184. The van der Waals surface area contributed by atoms with Crippen LogP contribution in [0.3, 0.4) is 0 Å². The minimum Gasteiger partial charge on any atom is -0.488 e. The third-order valence-electron chi connectivity index (χ3n) is 5.32. The first-order valence-corrected chi connectivity index (χ1v) is 9.26. The van der Waals surface area contributed by atoms with E-state index >= 15 is 0 Å². The quantitative estimate of drug-likeness (QED) is 0.802. The highest BCUT2D eigenvalue weighted by Gasteiger charge is 2.41. The van der Waals surface area contributed by atoms with E-state index in [4.69, 9.17) is 4.74 Å². The van der Waals surface area contributed by atoms with Crippen LogP contribution in [-0.2, 0) is 4.79 Å². The summed E-state index contributed by atoms with van der Waals surface area (Å²) in [6.07, 6.45) is 3.95. The fourth-order valence-electron chi connectivity index (χ4n) is 4.05. The molecule has 4 nitrogen and oxygen atoms in total. The van der Waals surface area contributed by atoms with Gasteiger partial charge in [-0.25, -0.2) is 0 Å². The van der Waals surface area contributed by atoms with E-state index in [-0.39, 0.29) is 5.60 Å². The summed E-state index contributed by atoms with van der Waals surface area (Å²) >= 11 is 0. The molecule has 0 saturated carbocycles. The Hall–Kier alpha value is -1.55. The van der Waals surface area contributed by atoms with Gasteiger partial charge in [-0.1, -0.05) is 25.1 Å². The number of rotatable bonds is 6. The van der Waals surface area contributed by atoms with E-state index in [2.05, 4.69) is 23.6 Å². The van der Waals surface area contributed by atoms with E-state index in [9.17, 15) is 4.79 Å². The Bertz CT molecular complexity index is 544. The van der Waals surface area contributed by atoms with Gasteiger partial charge >= 0.3 is 0 Å². The van der Waals surface area contributed by atoms with E-state index in [0.29, 0.717) is 24.4 Å². The van der Waals surface area contributed by atoms with Gasteiger partial charge in [0.25, 0.3) is 0 Å². The molecular formula is C20H30N2O2. The highest BCUT2D eigenvalue weighted by atomic mass is 16.5. The Morgan fingerprint density at radius 2 is 1.79 bits per heavy atom. The van der Waals surface area contributed by atoms with E-state index in [0.717, 1.165) is 44.6 Å². The monoisotopic (exact) mass is 330 g/mol. The van der Waals surface area contributed by atoms with Gasteiger partial charge in [0.1, 0.15) is 11.4 Å². The lowest BCUT2D eigenvalue weighted by Crippen LogP contribution is -2.56. The van der Waals surface area contributed by atoms with Crippen molar-refractivity contribution >= 4 is 5.91 Å². The molecule has 1 aromatic carbocycles. The predicted octanol–water partition coefficient (Wildman–Crippen LogP) is 3.32. The number of piperazine rings is 1. The zero-order chi connectivity index (χ0) is 17.2. The standard InChI is InChI=1S/C20H30N2O2/c1-4-19(23)22-16-10-11-17(22)15-21(14-16)13-12-20(2,3)24-18-8-6-5-7-9-18/h5-9,16-17H,4,10-15H2,1-3H3. The number of likely N-dealkylation sites (tertiary alicyclic amines) is 1. The topological polar surface area (TPSA) is 32.8 Å². The lowest BCUT2D eigenvalue weighted by molar-refractivity contribution is -0.136. The Morgan fingerprint density at radius 1 is 1.17 bits per heavy atom. The summed E-state index contributed by atoms with van der Waals surface area (Å²) < 4.78 is 6.15. The van der Waals surface area contributed by atoms with Crippen LogP contribution in [-0.4, -0.2) is 53.0 Å². The van der Waals surface area contributed by atoms with Crippen LogP contribution in [0, 0.1) is 0 Å². The number of carbonyl (C=O) groups is 1. The number of amides is 1. The molecule has 0 radical (unpaired) electrons. The SMILES string of the molecule is CCC(=O)N1C2CCC1CN(CCC(C)(C)Oc1ccccc1)C2. The second kappa shape index (κ2) is 7.14. The Balaban J connectivity index is 1.52. The molecule has 2 aliphatic rings. The molecule has 3 rings (SSSR count). The molecule has 0 N–H and O–H groups in total. The first kappa shape index (κ1) is 17.3. The minimum absolute atomic E-state index is 0.184. The van der Waals surface area contributed by atoms with Crippen molar-refractivity contribution in [2.75, 3.05) is 19.6 Å². The highest BCUT2D eigenvalue weighted by molar-refractivity contribution is 5.77. The average Bonchev–Trinajstić information content (AvgIpc) is 2.83. The van der Waals surface area contributed by atoms with E-state index in [1.54, 1.807) is 0 Å². The predicted molar refractivity (Wildman–Crippen MR) is 96.2 cm³/mol. The molecule has 4 heteroatoms. The summed E-state index contributed by atoms with van der Waals surface area (Å²) in [6.45, 7) is 9.35. The maximum atomic E-state index is 12.1. The number of nitrogens with zero attached hydrogens (tertiary/aromatic N) is 2. The van der Waals surface area contributed by atoms with Gasteiger partial charge in [0.2, 0.25) is 5.91 Å². The molecule has 2 saturated heterocycles. The molecule has 2 fully saturated rings. The summed E-state index contributed by atoms with van der Waals surface area (Å²) in [5, 5.41) is 0. The van der Waals surface area contributed by atoms with Gasteiger partial charge in [0.15, 0.2) is 0 Å². The van der Waals surface area contributed by atoms with Crippen molar-refractivity contribution in [3.8, 4) is 5.75 Å². The van der Waals surface area contributed by atoms with Gasteiger partial charge in [-0.3, -0.25) is 9.69 Å². The van der Waals surface area contributed by atoms with E-state index in [1.165, 1.54) is 0 Å². The highest BCUT2D eigenvalue weighted by Crippen LogP contribution is 2.31. The lowest BCUT2D eigenvalue weighted by atomic mass is 10.0. The lowest BCUT2D eigenvalue weighted by Gasteiger charge is -2.42. The number of benzene rings is 1. The van der Waals surface area contributed by atoms with Crippen molar-refractivity contribution in [3.63, 3.8) is 0 Å². The van der Waals surface area contributed by atoms with Crippen molar-refractivity contribution < 1.29 is 9.53 Å². The van der Waals surface area contributed by atoms with Crippen LogP contribution in [0.15, 0.2) is 30.3 Å². The second-order valence-electron chi connectivity index (χ2n) is 7.72. The van der Waals surface area contributed by atoms with Crippen molar-refractivity contribution in [1.29, 1.82) is 0 Å². The van der Waals surface area contributed by atoms with Gasteiger partial charge in [0, 0.05) is 38.1 Å². The van der Waals surface area contributed by atoms with Crippen LogP contribution in [0.2, 0.25) is 0 Å². The summed E-state index contributed by atoms with van der Waals surface area (Å²) in [6, 6.07) is 10.9. The Kier molecular flexibility index (Phi) is 5.14. The summed E-state index contributed by atoms with van der Waals surface area (Å²) in [5.74, 6) is 1.26. The van der Waals surface area contributed by atoms with Crippen LogP contribution in [0.25, 0.3) is 0 Å². The van der Waals surface area contributed by atoms with Crippen LogP contribution in [0.1, 0.15) is 46.5 Å². The molecule has 1 aromatic rings. The smallest absolute Gasteiger partial charge is 0.222 e. The second-order valence-corrected chi connectivity index (χ2v) is 7.72. The maximum absolute atomic E-state index is 12.1. The molecule has 2 aliphatic heterocycles. The van der Waals surface area contributed by atoms with Crippen molar-refractivity contribution in [2.45, 2.75) is 64.1 Å². The molecule has 24 heavy (non-hydrogen) atoms. The fourth-order valence-corrected chi connectivity index (χ4v) is 4.05. The van der Waals surface area contributed by atoms with Crippen LogP contribution < -0.4 is 4.74 Å². The molecule has 0 spiro atoms. The third-order valence-corrected chi connectivity index (χ3v) is 5.32. The Labute approximate surface area is 145 Å². The first-order chi connectivity index (χ1) is 11.5. The van der Waals surface area contributed by atoms with Crippen LogP contribution >= 0.6 is 0 Å². The van der Waals surface area contributed by atoms with Crippen LogP contribution in [0.4, 0.5) is 0 Å². The summed E-state index contributed by atoms with van der Waals surface area (Å²) in [5.41, 5.74) is -0.184. The van der Waals surface area contributed by atoms with Gasteiger partial charge in [-0.2, -0.15) is 0 Å². The average molecular weight is 330 g/mol. The number of para-hydroxylation sites is 1. The van der Waals surface area contributed by atoms with Gasteiger partial charge in [0.05, 0.1) is 0 Å². The maximum Gasteiger partial charge on any atom is 0.222 e. The van der Waals surface area contributed by atoms with Gasteiger partial charge in [-0.15, -0.1) is 0 Å². The molecule has 2 unspecified atom stereocenters. The van der Waals surface area contributed by atoms with Crippen molar-refractivity contribution in [2.24, 2.45) is 0 Å². The van der Waals surface area contributed by atoms with Crippen LogP contribution in [0.5, 0.6) is 5.75 Å². The molecule has 2 heterocycles. The van der Waals surface area contributed by atoms with Gasteiger partial charge in [-0.05, 0) is 45.2 Å². The molecule has 0 aromatic heterocycles. The number of hydrogen-bond donors (Lipinski definition) is 0. The number of hydrogen-bond acceptors (Lipinski definition) is 3. The normalized spacial score (nSPS) is 24.2. The largest absolute Gasteiger partial charge is 0.488 e.